The summed E-state index contributed by atoms with van der Waals surface area (Å²) in [6, 6.07) is 9.96. The molecule has 0 radical (unpaired) electrons. The first-order valence-electron chi connectivity index (χ1n) is 8.52. The van der Waals surface area contributed by atoms with Crippen molar-refractivity contribution in [2.45, 2.75) is 64.7 Å². The Morgan fingerprint density at radius 2 is 1.55 bits per heavy atom. The summed E-state index contributed by atoms with van der Waals surface area (Å²) in [4.78, 5) is 0. The van der Waals surface area contributed by atoms with E-state index in [1.54, 1.807) is 0 Å². The second-order valence-corrected chi connectivity index (χ2v) is 6.24. The summed E-state index contributed by atoms with van der Waals surface area (Å²) < 4.78 is 5.43. The molecule has 0 aliphatic heterocycles. The molecule has 0 amide bonds. The van der Waals surface area contributed by atoms with Gasteiger partial charge in [0.25, 0.3) is 0 Å². The molecule has 0 aliphatic carbocycles. The summed E-state index contributed by atoms with van der Waals surface area (Å²) in [7, 11) is 0. The Bertz CT molecular complexity index is 536. The topological polar surface area (TPSA) is 26.0 Å². The van der Waals surface area contributed by atoms with E-state index in [1.807, 2.05) is 30.3 Å². The molecule has 0 N–H and O–H groups in total. The molecule has 1 heterocycles. The molecule has 3 heteroatoms. The van der Waals surface area contributed by atoms with Gasteiger partial charge in [-0.15, -0.1) is 0 Å². The van der Waals surface area contributed by atoms with Crippen LogP contribution in [0.5, 0.6) is 0 Å². The third-order valence-corrected chi connectivity index (χ3v) is 4.39. The zero-order valence-electron chi connectivity index (χ0n) is 13.5. The number of benzene rings is 1. The van der Waals surface area contributed by atoms with E-state index >= 15 is 0 Å². The lowest BCUT2D eigenvalue weighted by Gasteiger charge is -2.00. The van der Waals surface area contributed by atoms with Crippen LogP contribution in [0, 0.1) is 0 Å². The first kappa shape index (κ1) is 17.1. The van der Waals surface area contributed by atoms with Crippen molar-refractivity contribution in [2.75, 3.05) is 0 Å². The van der Waals surface area contributed by atoms with Gasteiger partial charge in [0.1, 0.15) is 10.7 Å². The molecule has 2 aromatic rings. The molecule has 0 saturated heterocycles. The second-order valence-electron chi connectivity index (χ2n) is 5.86. The van der Waals surface area contributed by atoms with E-state index in [0.717, 1.165) is 29.9 Å². The average molecular weight is 320 g/mol. The molecule has 1 aromatic heterocycles. The van der Waals surface area contributed by atoms with Crippen LogP contribution in [0.1, 0.15) is 64.1 Å². The zero-order valence-corrected chi connectivity index (χ0v) is 14.2. The maximum absolute atomic E-state index is 6.40. The highest BCUT2D eigenvalue weighted by atomic mass is 35.5. The summed E-state index contributed by atoms with van der Waals surface area (Å²) in [6.07, 6.45) is 11.3. The van der Waals surface area contributed by atoms with Crippen LogP contribution >= 0.6 is 11.6 Å². The van der Waals surface area contributed by atoms with Crippen LogP contribution in [0.3, 0.4) is 0 Å². The minimum atomic E-state index is 0.675. The van der Waals surface area contributed by atoms with Crippen LogP contribution in [0.25, 0.3) is 11.3 Å². The Hall–Kier alpha value is -1.28. The molecular formula is C19H26ClNO. The summed E-state index contributed by atoms with van der Waals surface area (Å²) in [5.41, 5.74) is 1.77. The van der Waals surface area contributed by atoms with E-state index in [0.29, 0.717) is 5.02 Å². The lowest BCUT2D eigenvalue weighted by Crippen LogP contribution is -1.85. The van der Waals surface area contributed by atoms with E-state index in [4.69, 9.17) is 16.1 Å². The van der Waals surface area contributed by atoms with Crippen LogP contribution in [-0.2, 0) is 6.42 Å². The smallest absolute Gasteiger partial charge is 0.155 e. The van der Waals surface area contributed by atoms with Gasteiger partial charge in [-0.05, 0) is 6.42 Å². The number of nitrogens with zero attached hydrogens (tertiary/aromatic N) is 1. The maximum Gasteiger partial charge on any atom is 0.155 e. The lowest BCUT2D eigenvalue weighted by atomic mass is 10.1. The first-order chi connectivity index (χ1) is 10.8. The van der Waals surface area contributed by atoms with Gasteiger partial charge in [0, 0.05) is 12.0 Å². The van der Waals surface area contributed by atoms with Gasteiger partial charge in [0.05, 0.1) is 0 Å². The van der Waals surface area contributed by atoms with Gasteiger partial charge in [-0.1, -0.05) is 99.0 Å². The van der Waals surface area contributed by atoms with Gasteiger partial charge >= 0.3 is 0 Å². The first-order valence-corrected chi connectivity index (χ1v) is 8.90. The van der Waals surface area contributed by atoms with Gasteiger partial charge in [-0.25, -0.2) is 0 Å². The summed E-state index contributed by atoms with van der Waals surface area (Å²) >= 11 is 6.40. The number of unbranched alkanes of at least 4 members (excludes halogenated alkanes) is 7. The van der Waals surface area contributed by atoms with Crippen LogP contribution in [0.4, 0.5) is 0 Å². The van der Waals surface area contributed by atoms with E-state index in [1.165, 1.54) is 44.9 Å². The highest BCUT2D eigenvalue weighted by Crippen LogP contribution is 2.30. The largest absolute Gasteiger partial charge is 0.359 e. The molecule has 0 fully saturated rings. The third kappa shape index (κ3) is 5.17. The van der Waals surface area contributed by atoms with Gasteiger partial charge in [0.15, 0.2) is 5.76 Å². The van der Waals surface area contributed by atoms with Crippen LogP contribution in [-0.4, -0.2) is 5.16 Å². The summed E-state index contributed by atoms with van der Waals surface area (Å²) in [5, 5.41) is 4.80. The van der Waals surface area contributed by atoms with Gasteiger partial charge in [-0.3, -0.25) is 0 Å². The van der Waals surface area contributed by atoms with Crippen molar-refractivity contribution in [1.29, 1.82) is 0 Å². The third-order valence-electron chi connectivity index (χ3n) is 4.00. The average Bonchev–Trinajstić information content (AvgIpc) is 2.92. The quantitative estimate of drug-likeness (QED) is 0.456. The normalized spacial score (nSPS) is 11.0. The fourth-order valence-corrected chi connectivity index (χ4v) is 2.94. The maximum atomic E-state index is 6.40. The van der Waals surface area contributed by atoms with E-state index in [2.05, 4.69) is 12.1 Å². The fraction of sp³-hybridized carbons (Fsp3) is 0.526. The van der Waals surface area contributed by atoms with Crippen LogP contribution < -0.4 is 0 Å². The fourth-order valence-electron chi connectivity index (χ4n) is 2.66. The zero-order chi connectivity index (χ0) is 15.6. The van der Waals surface area contributed by atoms with Crippen molar-refractivity contribution < 1.29 is 4.52 Å². The van der Waals surface area contributed by atoms with Gasteiger partial charge < -0.3 is 4.52 Å². The minimum Gasteiger partial charge on any atom is -0.359 e. The standard InChI is InChI=1S/C19H26ClNO/c1-2-3-4-5-6-7-8-12-15-17-18(20)19(21-22-17)16-13-10-9-11-14-16/h9-11,13-14H,2-8,12,15H2,1H3. The van der Waals surface area contributed by atoms with Crippen molar-refractivity contribution in [3.05, 3.63) is 41.1 Å². The number of aryl methyl sites for hydroxylation is 1. The number of rotatable bonds is 10. The molecule has 2 rings (SSSR count). The number of aromatic nitrogens is 1. The predicted octanol–water partition coefficient (Wildman–Crippen LogP) is 6.68. The molecule has 22 heavy (non-hydrogen) atoms. The highest BCUT2D eigenvalue weighted by molar-refractivity contribution is 6.33. The van der Waals surface area contributed by atoms with Gasteiger partial charge in [0.2, 0.25) is 0 Å². The van der Waals surface area contributed by atoms with Crippen molar-refractivity contribution in [3.63, 3.8) is 0 Å². The van der Waals surface area contributed by atoms with Gasteiger partial charge in [-0.2, -0.15) is 0 Å². The summed E-state index contributed by atoms with van der Waals surface area (Å²) in [5.74, 6) is 0.825. The monoisotopic (exact) mass is 319 g/mol. The van der Waals surface area contributed by atoms with E-state index in [9.17, 15) is 0 Å². The van der Waals surface area contributed by atoms with Crippen molar-refractivity contribution >= 4 is 11.6 Å². The molecule has 0 atom stereocenters. The Kier molecular flexibility index (Phi) is 7.51. The number of halogens is 1. The lowest BCUT2D eigenvalue weighted by molar-refractivity contribution is 0.380. The molecule has 1 aromatic carbocycles. The predicted molar refractivity (Wildman–Crippen MR) is 93.3 cm³/mol. The minimum absolute atomic E-state index is 0.675. The molecule has 0 aliphatic rings. The van der Waals surface area contributed by atoms with E-state index < -0.39 is 0 Å². The second kappa shape index (κ2) is 9.68. The van der Waals surface area contributed by atoms with Crippen molar-refractivity contribution in [2.24, 2.45) is 0 Å². The Labute approximate surface area is 138 Å². The molecule has 120 valence electrons. The number of hydrogen-bond acceptors (Lipinski definition) is 2. The Balaban J connectivity index is 1.72. The molecule has 0 unspecified atom stereocenters. The highest BCUT2D eigenvalue weighted by Gasteiger charge is 2.14. The Morgan fingerprint density at radius 1 is 0.909 bits per heavy atom. The number of hydrogen-bond donors (Lipinski definition) is 0. The van der Waals surface area contributed by atoms with Crippen molar-refractivity contribution in [3.8, 4) is 11.3 Å². The Morgan fingerprint density at radius 3 is 2.23 bits per heavy atom. The molecule has 2 nitrogen and oxygen atoms in total. The molecular weight excluding hydrogens is 294 g/mol. The molecule has 0 spiro atoms. The van der Waals surface area contributed by atoms with Crippen LogP contribution in [0.15, 0.2) is 34.9 Å². The molecule has 0 saturated carbocycles. The van der Waals surface area contributed by atoms with Crippen molar-refractivity contribution in [1.82, 2.24) is 5.16 Å². The SMILES string of the molecule is CCCCCCCCCCc1onc(-c2ccccc2)c1Cl. The molecule has 0 bridgehead atoms. The van der Waals surface area contributed by atoms with E-state index in [-0.39, 0.29) is 0 Å². The summed E-state index contributed by atoms with van der Waals surface area (Å²) in [6.45, 7) is 2.25. The van der Waals surface area contributed by atoms with Crippen LogP contribution in [0.2, 0.25) is 5.02 Å².